The van der Waals surface area contributed by atoms with Crippen molar-refractivity contribution in [2.75, 3.05) is 30.7 Å². The lowest BCUT2D eigenvalue weighted by Crippen LogP contribution is -2.34. The van der Waals surface area contributed by atoms with E-state index in [1.54, 1.807) is 18.2 Å². The Morgan fingerprint density at radius 1 is 1.52 bits per heavy atom. The van der Waals surface area contributed by atoms with E-state index in [0.29, 0.717) is 22.9 Å². The normalized spacial score (nSPS) is 11.6. The van der Waals surface area contributed by atoms with Crippen LogP contribution in [0.15, 0.2) is 23.1 Å². The molecule has 0 fully saturated rings. The van der Waals surface area contributed by atoms with Crippen LogP contribution in [0.25, 0.3) is 0 Å². The molecule has 0 saturated heterocycles. The molecule has 0 radical (unpaired) electrons. The van der Waals surface area contributed by atoms with Crippen molar-refractivity contribution in [2.45, 2.75) is 11.8 Å². The zero-order chi connectivity index (χ0) is 15.8. The quantitative estimate of drug-likeness (QED) is 0.425. The van der Waals surface area contributed by atoms with Crippen LogP contribution in [0.2, 0.25) is 0 Å². The maximum Gasteiger partial charge on any atom is 0.413 e. The number of carbonyl (C=O) groups is 1. The Kier molecular flexibility index (Phi) is 7.23. The van der Waals surface area contributed by atoms with Gasteiger partial charge in [-0.2, -0.15) is 0 Å². The fourth-order valence-corrected chi connectivity index (χ4v) is 2.45. The van der Waals surface area contributed by atoms with Gasteiger partial charge in [-0.25, -0.2) is 4.79 Å². The van der Waals surface area contributed by atoms with Crippen molar-refractivity contribution >= 4 is 46.0 Å². The molecule has 0 saturated carbocycles. The molecular weight excluding hydrogens is 314 g/mol. The summed E-state index contributed by atoms with van der Waals surface area (Å²) in [6.07, 6.45) is -0.680. The second-order valence-corrected chi connectivity index (χ2v) is 5.58. The summed E-state index contributed by atoms with van der Waals surface area (Å²) < 4.78 is 21.4. The average Bonchev–Trinajstić information content (AvgIpc) is 2.46. The van der Waals surface area contributed by atoms with Crippen LogP contribution >= 0.6 is 12.2 Å². The number of carbonyl (C=O) groups excluding carboxylic acids is 1. The molecule has 0 aromatic heterocycles. The van der Waals surface area contributed by atoms with Gasteiger partial charge in [-0.1, -0.05) is 0 Å². The minimum absolute atomic E-state index is 0.0525. The van der Waals surface area contributed by atoms with Crippen LogP contribution in [-0.2, 0) is 20.6 Å². The Labute approximate surface area is 131 Å². The second-order valence-electron chi connectivity index (χ2n) is 3.78. The van der Waals surface area contributed by atoms with Crippen molar-refractivity contribution in [3.8, 4) is 0 Å². The molecular formula is C12H17N3O4S2. The van der Waals surface area contributed by atoms with Gasteiger partial charge >= 0.3 is 6.09 Å². The van der Waals surface area contributed by atoms with Crippen LogP contribution < -0.4 is 16.4 Å². The number of alkyl carbamates (subject to hydrolysis) is 1. The molecule has 1 aromatic rings. The van der Waals surface area contributed by atoms with E-state index in [1.807, 2.05) is 6.92 Å². The number of rotatable bonds is 5. The van der Waals surface area contributed by atoms with Crippen molar-refractivity contribution < 1.29 is 18.8 Å². The molecule has 0 spiro atoms. The van der Waals surface area contributed by atoms with Crippen LogP contribution in [-0.4, -0.2) is 35.4 Å². The molecule has 7 nitrogen and oxygen atoms in total. The molecule has 0 bridgehead atoms. The van der Waals surface area contributed by atoms with Gasteiger partial charge < -0.3 is 25.1 Å². The van der Waals surface area contributed by atoms with Gasteiger partial charge in [0.1, 0.15) is 0 Å². The highest BCUT2D eigenvalue weighted by atomic mass is 32.2. The molecule has 116 valence electrons. The number of amides is 1. The highest BCUT2D eigenvalue weighted by molar-refractivity contribution is 7.91. The minimum Gasteiger partial charge on any atom is -0.610 e. The molecule has 9 heteroatoms. The van der Waals surface area contributed by atoms with Crippen molar-refractivity contribution in [3.05, 3.63) is 18.2 Å². The van der Waals surface area contributed by atoms with Gasteiger partial charge in [-0.05, 0) is 31.3 Å². The van der Waals surface area contributed by atoms with Crippen molar-refractivity contribution in [1.82, 2.24) is 5.32 Å². The molecule has 0 aliphatic rings. The first kappa shape index (κ1) is 17.5. The van der Waals surface area contributed by atoms with Crippen molar-refractivity contribution in [3.63, 3.8) is 0 Å². The summed E-state index contributed by atoms with van der Waals surface area (Å²) in [5.41, 5.74) is 6.71. The van der Waals surface area contributed by atoms with Crippen molar-refractivity contribution in [1.29, 1.82) is 0 Å². The lowest BCUT2D eigenvalue weighted by Gasteiger charge is -2.14. The maximum absolute atomic E-state index is 11.9. The fourth-order valence-electron chi connectivity index (χ4n) is 1.32. The minimum atomic E-state index is -1.28. The number of anilines is 2. The largest absolute Gasteiger partial charge is 0.610 e. The zero-order valence-corrected chi connectivity index (χ0v) is 13.3. The summed E-state index contributed by atoms with van der Waals surface area (Å²) in [7, 11) is 1.23. The first-order valence-electron chi connectivity index (χ1n) is 5.99. The molecule has 0 heterocycles. The average molecular weight is 331 g/mol. The third kappa shape index (κ3) is 5.76. The number of nitrogens with one attached hydrogen (secondary N) is 2. The van der Waals surface area contributed by atoms with Gasteiger partial charge in [0.05, 0.1) is 18.5 Å². The second kappa shape index (κ2) is 8.67. The highest BCUT2D eigenvalue weighted by Crippen LogP contribution is 2.23. The Morgan fingerprint density at radius 3 is 2.81 bits per heavy atom. The van der Waals surface area contributed by atoms with Gasteiger partial charge in [0.2, 0.25) is 5.94 Å². The number of nitrogen functional groups attached to an aromatic ring is 1. The van der Waals surface area contributed by atoms with E-state index in [0.717, 1.165) is 0 Å². The molecule has 1 aromatic carbocycles. The lowest BCUT2D eigenvalue weighted by atomic mass is 10.3. The first-order chi connectivity index (χ1) is 9.97. The third-order valence-corrected chi connectivity index (χ3v) is 3.69. The lowest BCUT2D eigenvalue weighted by molar-refractivity contribution is 0.177. The molecule has 1 amide bonds. The fraction of sp³-hybridized carbons (Fsp3) is 0.333. The van der Waals surface area contributed by atoms with E-state index in [-0.39, 0.29) is 11.1 Å². The number of methoxy groups -OCH3 is 1. The number of thiocarbonyl (C=S) groups is 1. The Morgan fingerprint density at radius 2 is 2.24 bits per heavy atom. The van der Waals surface area contributed by atoms with E-state index < -0.39 is 17.3 Å². The van der Waals surface area contributed by atoms with Gasteiger partial charge in [-0.3, -0.25) is 5.32 Å². The predicted octanol–water partition coefficient (Wildman–Crippen LogP) is 1.42. The van der Waals surface area contributed by atoms with Gasteiger partial charge in [0, 0.05) is 23.8 Å². The summed E-state index contributed by atoms with van der Waals surface area (Å²) in [5.74, 6) is 0.116. The van der Waals surface area contributed by atoms with Crippen LogP contribution in [0.3, 0.4) is 0 Å². The standard InChI is InChI=1S/C12H17N3O4S2/c1-3-19-7-21(17)8-4-5-10(9(13)6-8)14-11(20)15-12(16)18-2/h4-6H,3,7,13H2,1-2H3,(H2,14,15,16,20). The first-order valence-corrected chi connectivity index (χ1v) is 7.72. The van der Waals surface area contributed by atoms with Gasteiger partial charge in [0.15, 0.2) is 10.0 Å². The topological polar surface area (TPSA) is 109 Å². The number of nitrogens with two attached hydrogens (primary N) is 1. The number of benzene rings is 1. The van der Waals surface area contributed by atoms with Crippen molar-refractivity contribution in [2.24, 2.45) is 0 Å². The molecule has 0 aliphatic heterocycles. The summed E-state index contributed by atoms with van der Waals surface area (Å²) in [6, 6.07) is 4.84. The van der Waals surface area contributed by atoms with Crippen LogP contribution in [0.1, 0.15) is 6.92 Å². The predicted molar refractivity (Wildman–Crippen MR) is 85.5 cm³/mol. The van der Waals surface area contributed by atoms with E-state index in [2.05, 4.69) is 15.4 Å². The SMILES string of the molecule is CCOC[S+]([O-])c1ccc(NC(=S)NC(=O)OC)c(N)c1. The number of hydrogen-bond donors (Lipinski definition) is 3. The molecule has 21 heavy (non-hydrogen) atoms. The molecule has 1 atom stereocenters. The third-order valence-electron chi connectivity index (χ3n) is 2.33. The monoisotopic (exact) mass is 331 g/mol. The summed E-state index contributed by atoms with van der Waals surface area (Å²) in [4.78, 5) is 11.5. The van der Waals surface area contributed by atoms with Gasteiger partial charge in [-0.15, -0.1) is 0 Å². The molecule has 1 unspecified atom stereocenters. The van der Waals surface area contributed by atoms with Crippen LogP contribution in [0, 0.1) is 0 Å². The summed E-state index contributed by atoms with van der Waals surface area (Å²) in [6.45, 7) is 2.32. The van der Waals surface area contributed by atoms with Gasteiger partial charge in [0.25, 0.3) is 0 Å². The maximum atomic E-state index is 11.9. The Balaban J connectivity index is 2.69. The Bertz CT molecular complexity index is 513. The molecule has 1 rings (SSSR count). The molecule has 4 N–H and O–H groups in total. The zero-order valence-electron chi connectivity index (χ0n) is 11.7. The van der Waals surface area contributed by atoms with E-state index in [9.17, 15) is 9.35 Å². The summed E-state index contributed by atoms with van der Waals surface area (Å²) in [5, 5.41) is 5.10. The summed E-state index contributed by atoms with van der Waals surface area (Å²) >= 11 is 3.64. The number of hydrogen-bond acceptors (Lipinski definition) is 6. The van der Waals surface area contributed by atoms with E-state index in [1.165, 1.54) is 7.11 Å². The van der Waals surface area contributed by atoms with E-state index >= 15 is 0 Å². The molecule has 0 aliphatic carbocycles. The van der Waals surface area contributed by atoms with Crippen LogP contribution in [0.4, 0.5) is 16.2 Å². The highest BCUT2D eigenvalue weighted by Gasteiger charge is 2.13. The Hall–Kier alpha value is -1.55. The van der Waals surface area contributed by atoms with E-state index in [4.69, 9.17) is 22.7 Å². The smallest absolute Gasteiger partial charge is 0.413 e. The van der Waals surface area contributed by atoms with Crippen LogP contribution in [0.5, 0.6) is 0 Å². The number of ether oxygens (including phenoxy) is 2.